The van der Waals surface area contributed by atoms with Gasteiger partial charge in [0, 0.05) is 6.08 Å². The van der Waals surface area contributed by atoms with Crippen molar-refractivity contribution in [1.29, 1.82) is 0 Å². The second kappa shape index (κ2) is 7.53. The summed E-state index contributed by atoms with van der Waals surface area (Å²) >= 11 is 0. The van der Waals surface area contributed by atoms with Gasteiger partial charge in [-0.15, -0.1) is 0 Å². The fourth-order valence-corrected chi connectivity index (χ4v) is 2.35. The van der Waals surface area contributed by atoms with Crippen LogP contribution in [-0.4, -0.2) is 20.7 Å². The minimum absolute atomic E-state index is 0.143. The molecule has 0 spiro atoms. The Morgan fingerprint density at radius 2 is 1.88 bits per heavy atom. The highest BCUT2D eigenvalue weighted by Gasteiger charge is 2.08. The molecule has 0 radical (unpaired) electrons. The van der Waals surface area contributed by atoms with Crippen molar-refractivity contribution in [1.82, 2.24) is 20.1 Å². The van der Waals surface area contributed by atoms with E-state index in [1.807, 2.05) is 31.2 Å². The number of carbonyl (C=O) groups excluding carboxylic acids is 1. The Morgan fingerprint density at radius 3 is 2.52 bits per heavy atom. The van der Waals surface area contributed by atoms with Gasteiger partial charge in [0.15, 0.2) is 0 Å². The van der Waals surface area contributed by atoms with E-state index in [9.17, 15) is 9.18 Å². The first kappa shape index (κ1) is 16.6. The largest absolute Gasteiger partial charge is 0.346 e. The summed E-state index contributed by atoms with van der Waals surface area (Å²) in [5, 5.41) is 6.97. The smallest absolute Gasteiger partial charge is 0.244 e. The van der Waals surface area contributed by atoms with Crippen molar-refractivity contribution in [3.8, 4) is 5.69 Å². The molecule has 1 amide bonds. The molecule has 0 aliphatic heterocycles. The van der Waals surface area contributed by atoms with Crippen LogP contribution in [0.4, 0.5) is 4.39 Å². The van der Waals surface area contributed by atoms with Crippen molar-refractivity contribution in [2.75, 3.05) is 0 Å². The van der Waals surface area contributed by atoms with Crippen molar-refractivity contribution < 1.29 is 9.18 Å². The Morgan fingerprint density at radius 1 is 1.16 bits per heavy atom. The molecular formula is C19H17FN4O. The third-order valence-corrected chi connectivity index (χ3v) is 3.73. The molecule has 3 aromatic rings. The quantitative estimate of drug-likeness (QED) is 0.727. The van der Waals surface area contributed by atoms with Crippen molar-refractivity contribution >= 4 is 12.0 Å². The summed E-state index contributed by atoms with van der Waals surface area (Å²) in [6.45, 7) is 1.91. The number of benzene rings is 2. The molecule has 1 aromatic heterocycles. The molecule has 6 heteroatoms. The van der Waals surface area contributed by atoms with Crippen molar-refractivity contribution in [2.24, 2.45) is 0 Å². The monoisotopic (exact) mass is 336 g/mol. The first-order valence-corrected chi connectivity index (χ1v) is 7.81. The molecule has 0 saturated heterocycles. The highest BCUT2D eigenvalue weighted by atomic mass is 19.1. The highest BCUT2D eigenvalue weighted by molar-refractivity contribution is 5.91. The number of aromatic nitrogens is 3. The number of nitrogens with zero attached hydrogens (tertiary/aromatic N) is 3. The van der Waals surface area contributed by atoms with E-state index in [0.29, 0.717) is 0 Å². The van der Waals surface area contributed by atoms with E-state index < -0.39 is 0 Å². The molecule has 2 aromatic carbocycles. The molecule has 0 aliphatic rings. The van der Waals surface area contributed by atoms with Gasteiger partial charge in [0.05, 0.1) is 11.7 Å². The lowest BCUT2D eigenvalue weighted by Gasteiger charge is -2.13. The zero-order valence-electron chi connectivity index (χ0n) is 13.6. The van der Waals surface area contributed by atoms with Crippen molar-refractivity contribution in [2.45, 2.75) is 13.0 Å². The van der Waals surface area contributed by atoms with Crippen molar-refractivity contribution in [3.63, 3.8) is 0 Å². The van der Waals surface area contributed by atoms with E-state index in [1.165, 1.54) is 24.5 Å². The van der Waals surface area contributed by atoms with E-state index in [4.69, 9.17) is 0 Å². The summed E-state index contributed by atoms with van der Waals surface area (Å²) in [4.78, 5) is 15.9. The van der Waals surface area contributed by atoms with Crippen LogP contribution in [0.2, 0.25) is 0 Å². The van der Waals surface area contributed by atoms with Crippen LogP contribution < -0.4 is 5.32 Å². The Hall–Kier alpha value is -3.28. The Bertz CT molecular complexity index is 855. The molecular weight excluding hydrogens is 319 g/mol. The molecule has 1 N–H and O–H groups in total. The average Bonchev–Trinajstić information content (AvgIpc) is 3.16. The lowest BCUT2D eigenvalue weighted by Crippen LogP contribution is -2.24. The summed E-state index contributed by atoms with van der Waals surface area (Å²) < 4.78 is 14.5. The fourth-order valence-electron chi connectivity index (χ4n) is 2.35. The van der Waals surface area contributed by atoms with E-state index in [0.717, 1.165) is 16.8 Å². The first-order chi connectivity index (χ1) is 12.1. The summed E-state index contributed by atoms with van der Waals surface area (Å²) in [5.41, 5.74) is 2.64. The van der Waals surface area contributed by atoms with Gasteiger partial charge in [-0.25, -0.2) is 14.1 Å². The number of carbonyl (C=O) groups is 1. The Balaban J connectivity index is 1.60. The van der Waals surface area contributed by atoms with Crippen LogP contribution in [0.15, 0.2) is 67.3 Å². The number of rotatable bonds is 5. The molecule has 0 aliphatic carbocycles. The number of nitrogens with one attached hydrogen (secondary N) is 1. The third-order valence-electron chi connectivity index (χ3n) is 3.73. The normalized spacial score (nSPS) is 12.2. The Labute approximate surface area is 144 Å². The van der Waals surface area contributed by atoms with Gasteiger partial charge in [-0.05, 0) is 48.4 Å². The maximum Gasteiger partial charge on any atom is 0.244 e. The lowest BCUT2D eigenvalue weighted by molar-refractivity contribution is -0.117. The Kier molecular flexibility index (Phi) is 4.99. The van der Waals surface area contributed by atoms with Gasteiger partial charge >= 0.3 is 0 Å². The molecule has 0 saturated carbocycles. The average molecular weight is 336 g/mol. The molecule has 126 valence electrons. The van der Waals surface area contributed by atoms with Crippen LogP contribution in [-0.2, 0) is 4.79 Å². The fraction of sp³-hybridized carbons (Fsp3) is 0.105. The summed E-state index contributed by atoms with van der Waals surface area (Å²) in [6, 6.07) is 13.5. The number of halogens is 1. The minimum Gasteiger partial charge on any atom is -0.346 e. The number of hydrogen-bond donors (Lipinski definition) is 1. The maximum absolute atomic E-state index is 12.9. The molecule has 0 fully saturated rings. The van der Waals surface area contributed by atoms with E-state index >= 15 is 0 Å². The van der Waals surface area contributed by atoms with Gasteiger partial charge in [0.1, 0.15) is 18.5 Å². The lowest BCUT2D eigenvalue weighted by atomic mass is 10.1. The topological polar surface area (TPSA) is 59.8 Å². The van der Waals surface area contributed by atoms with E-state index in [-0.39, 0.29) is 17.8 Å². The van der Waals surface area contributed by atoms with Gasteiger partial charge in [0.2, 0.25) is 5.91 Å². The van der Waals surface area contributed by atoms with Crippen molar-refractivity contribution in [3.05, 3.63) is 84.2 Å². The molecule has 5 nitrogen and oxygen atoms in total. The highest BCUT2D eigenvalue weighted by Crippen LogP contribution is 2.15. The molecule has 3 rings (SSSR count). The number of amides is 1. The minimum atomic E-state index is -0.301. The van der Waals surface area contributed by atoms with E-state index in [1.54, 1.807) is 29.2 Å². The summed E-state index contributed by atoms with van der Waals surface area (Å²) in [7, 11) is 0. The van der Waals surface area contributed by atoms with Crippen LogP contribution in [0.1, 0.15) is 24.1 Å². The van der Waals surface area contributed by atoms with Gasteiger partial charge in [-0.2, -0.15) is 5.10 Å². The summed E-state index contributed by atoms with van der Waals surface area (Å²) in [5.74, 6) is -0.512. The molecule has 0 bridgehead atoms. The standard InChI is InChI=1S/C19H17FN4O/c1-14(16-5-9-18(10-6-16)24-13-21-12-22-24)23-19(25)11-4-15-2-7-17(20)8-3-15/h2-14H,1H3,(H,23,25)/b11-4+. The van der Waals surface area contributed by atoms with Crippen LogP contribution in [0, 0.1) is 5.82 Å². The predicted octanol–water partition coefficient (Wildman–Crippen LogP) is 3.30. The molecule has 1 unspecified atom stereocenters. The second-order valence-corrected chi connectivity index (χ2v) is 5.55. The van der Waals surface area contributed by atoms with Gasteiger partial charge < -0.3 is 5.32 Å². The van der Waals surface area contributed by atoms with Crippen LogP contribution >= 0.6 is 0 Å². The van der Waals surface area contributed by atoms with Crippen LogP contribution in [0.3, 0.4) is 0 Å². The zero-order chi connectivity index (χ0) is 17.6. The molecule has 1 atom stereocenters. The summed E-state index contributed by atoms with van der Waals surface area (Å²) in [6.07, 6.45) is 6.19. The van der Waals surface area contributed by atoms with Crippen LogP contribution in [0.25, 0.3) is 11.8 Å². The zero-order valence-corrected chi connectivity index (χ0v) is 13.6. The van der Waals surface area contributed by atoms with Gasteiger partial charge in [0.25, 0.3) is 0 Å². The molecule has 1 heterocycles. The first-order valence-electron chi connectivity index (χ1n) is 7.81. The van der Waals surface area contributed by atoms with Gasteiger partial charge in [-0.3, -0.25) is 4.79 Å². The number of hydrogen-bond acceptors (Lipinski definition) is 3. The molecule has 25 heavy (non-hydrogen) atoms. The SMILES string of the molecule is CC(NC(=O)/C=C/c1ccc(F)cc1)c1ccc(-n2cncn2)cc1. The third kappa shape index (κ3) is 4.38. The van der Waals surface area contributed by atoms with Crippen LogP contribution in [0.5, 0.6) is 0 Å². The van der Waals surface area contributed by atoms with E-state index in [2.05, 4.69) is 15.4 Å². The maximum atomic E-state index is 12.9. The second-order valence-electron chi connectivity index (χ2n) is 5.55. The van der Waals surface area contributed by atoms with Gasteiger partial charge in [-0.1, -0.05) is 24.3 Å². The predicted molar refractivity (Wildman–Crippen MR) is 93.4 cm³/mol.